The lowest BCUT2D eigenvalue weighted by Gasteiger charge is -2.14. The van der Waals surface area contributed by atoms with Crippen LogP contribution in [0.4, 0.5) is 0 Å². The fourth-order valence-electron chi connectivity index (χ4n) is 4.03. The SMILES string of the molecule is ClC1C=CC=C(c2nc(-c3ccccc3)nc(-c3ccc4c(c3)sc3ccccc34)n2)C1. The van der Waals surface area contributed by atoms with Crippen LogP contribution in [0.5, 0.6) is 0 Å². The maximum absolute atomic E-state index is 6.38. The first-order chi connectivity index (χ1) is 15.7. The van der Waals surface area contributed by atoms with Gasteiger partial charge in [0.25, 0.3) is 0 Å². The fourth-order valence-corrected chi connectivity index (χ4v) is 5.43. The molecule has 0 spiro atoms. The highest BCUT2D eigenvalue weighted by Gasteiger charge is 2.17. The molecule has 0 fully saturated rings. The molecule has 2 heterocycles. The Morgan fingerprint density at radius 2 is 1.44 bits per heavy atom. The van der Waals surface area contributed by atoms with Crippen molar-refractivity contribution in [1.29, 1.82) is 0 Å². The summed E-state index contributed by atoms with van der Waals surface area (Å²) in [6, 6.07) is 25.0. The van der Waals surface area contributed by atoms with Gasteiger partial charge in [0.15, 0.2) is 17.5 Å². The Balaban J connectivity index is 1.53. The number of alkyl halides is 1. The van der Waals surface area contributed by atoms with Crippen molar-refractivity contribution in [2.24, 2.45) is 0 Å². The molecule has 1 aliphatic carbocycles. The number of rotatable bonds is 3. The predicted molar refractivity (Wildman–Crippen MR) is 135 cm³/mol. The van der Waals surface area contributed by atoms with Crippen LogP contribution in [-0.2, 0) is 0 Å². The summed E-state index contributed by atoms with van der Waals surface area (Å²) < 4.78 is 2.51. The molecule has 1 aliphatic rings. The quantitative estimate of drug-likeness (QED) is 0.266. The van der Waals surface area contributed by atoms with Gasteiger partial charge < -0.3 is 0 Å². The molecule has 0 bridgehead atoms. The van der Waals surface area contributed by atoms with E-state index in [9.17, 15) is 0 Å². The summed E-state index contributed by atoms with van der Waals surface area (Å²) in [7, 11) is 0. The summed E-state index contributed by atoms with van der Waals surface area (Å²) in [6.45, 7) is 0. The topological polar surface area (TPSA) is 38.7 Å². The molecule has 0 radical (unpaired) electrons. The van der Waals surface area contributed by atoms with Crippen LogP contribution in [0.3, 0.4) is 0 Å². The molecule has 0 amide bonds. The van der Waals surface area contributed by atoms with Gasteiger partial charge >= 0.3 is 0 Å². The minimum atomic E-state index is -0.0507. The van der Waals surface area contributed by atoms with Gasteiger partial charge in [-0.15, -0.1) is 22.9 Å². The zero-order valence-corrected chi connectivity index (χ0v) is 18.6. The molecular weight excluding hydrogens is 434 g/mol. The zero-order chi connectivity index (χ0) is 21.5. The summed E-state index contributed by atoms with van der Waals surface area (Å²) in [5, 5.41) is 2.50. The number of hydrogen-bond acceptors (Lipinski definition) is 4. The van der Waals surface area contributed by atoms with Crippen molar-refractivity contribution in [3.8, 4) is 22.8 Å². The zero-order valence-electron chi connectivity index (χ0n) is 17.1. The highest BCUT2D eigenvalue weighted by atomic mass is 35.5. The van der Waals surface area contributed by atoms with E-state index in [-0.39, 0.29) is 5.38 Å². The van der Waals surface area contributed by atoms with Gasteiger partial charge in [-0.25, -0.2) is 15.0 Å². The summed E-state index contributed by atoms with van der Waals surface area (Å²) >= 11 is 8.18. The minimum absolute atomic E-state index is 0.0507. The van der Waals surface area contributed by atoms with Crippen molar-refractivity contribution in [2.45, 2.75) is 11.8 Å². The molecule has 3 nitrogen and oxygen atoms in total. The third-order valence-corrected chi connectivity index (χ3v) is 7.06. The largest absolute Gasteiger partial charge is 0.209 e. The Morgan fingerprint density at radius 3 is 2.28 bits per heavy atom. The second-order valence-corrected chi connectivity index (χ2v) is 9.42. The van der Waals surface area contributed by atoms with E-state index >= 15 is 0 Å². The van der Waals surface area contributed by atoms with Crippen molar-refractivity contribution >= 4 is 48.7 Å². The van der Waals surface area contributed by atoms with Gasteiger partial charge in [0.2, 0.25) is 0 Å². The van der Waals surface area contributed by atoms with Gasteiger partial charge in [-0.05, 0) is 24.1 Å². The van der Waals surface area contributed by atoms with E-state index < -0.39 is 0 Å². The lowest BCUT2D eigenvalue weighted by molar-refractivity contribution is 0.981. The number of fused-ring (bicyclic) bond motifs is 3. The number of nitrogens with zero attached hydrogens (tertiary/aromatic N) is 3. The van der Waals surface area contributed by atoms with Crippen LogP contribution in [0.1, 0.15) is 12.2 Å². The van der Waals surface area contributed by atoms with Crippen LogP contribution in [0.2, 0.25) is 0 Å². The molecule has 0 saturated carbocycles. The van der Waals surface area contributed by atoms with Gasteiger partial charge in [-0.3, -0.25) is 0 Å². The molecule has 2 aromatic heterocycles. The van der Waals surface area contributed by atoms with E-state index in [4.69, 9.17) is 26.6 Å². The van der Waals surface area contributed by atoms with Crippen LogP contribution in [0.15, 0.2) is 91.0 Å². The molecule has 5 heteroatoms. The van der Waals surface area contributed by atoms with E-state index in [1.807, 2.05) is 48.6 Å². The average molecular weight is 452 g/mol. The summed E-state index contributed by atoms with van der Waals surface area (Å²) in [6.07, 6.45) is 6.71. The van der Waals surface area contributed by atoms with Gasteiger partial charge in [0.05, 0.1) is 5.38 Å². The van der Waals surface area contributed by atoms with E-state index in [2.05, 4.69) is 42.5 Å². The van der Waals surface area contributed by atoms with Crippen molar-refractivity contribution in [1.82, 2.24) is 15.0 Å². The summed E-state index contributed by atoms with van der Waals surface area (Å²) in [5.74, 6) is 2.03. The molecule has 3 aromatic carbocycles. The van der Waals surface area contributed by atoms with Crippen LogP contribution in [0.25, 0.3) is 48.5 Å². The first-order valence-corrected chi connectivity index (χ1v) is 11.7. The van der Waals surface area contributed by atoms with Crippen LogP contribution < -0.4 is 0 Å². The number of halogens is 1. The van der Waals surface area contributed by atoms with Gasteiger partial charge in [0.1, 0.15) is 0 Å². The Kier molecular flexibility index (Phi) is 4.82. The maximum atomic E-state index is 6.38. The Bertz CT molecular complexity index is 1520. The average Bonchev–Trinajstić information content (AvgIpc) is 3.22. The Labute approximate surface area is 194 Å². The van der Waals surface area contributed by atoms with Crippen LogP contribution in [0, 0.1) is 0 Å². The minimum Gasteiger partial charge on any atom is -0.209 e. The third kappa shape index (κ3) is 3.52. The van der Waals surface area contributed by atoms with E-state index in [0.29, 0.717) is 23.9 Å². The summed E-state index contributed by atoms with van der Waals surface area (Å²) in [4.78, 5) is 14.5. The standard InChI is InChI=1S/C27H18ClN3S/c28-20-10-6-9-18(15-20)26-29-25(17-7-2-1-3-8-17)30-27(31-26)19-13-14-22-21-11-4-5-12-23(21)32-24(22)16-19/h1-14,16,20H,15H2. The molecule has 1 unspecified atom stereocenters. The van der Waals surface area contributed by atoms with Gasteiger partial charge in [-0.2, -0.15) is 0 Å². The van der Waals surface area contributed by atoms with Crippen molar-refractivity contribution in [3.05, 3.63) is 96.8 Å². The van der Waals surface area contributed by atoms with Crippen molar-refractivity contribution < 1.29 is 0 Å². The molecule has 1 atom stereocenters. The van der Waals surface area contributed by atoms with E-state index in [1.165, 1.54) is 20.2 Å². The molecule has 5 aromatic rings. The lowest BCUT2D eigenvalue weighted by Crippen LogP contribution is -2.07. The first kappa shape index (κ1) is 19.4. The highest BCUT2D eigenvalue weighted by Crippen LogP contribution is 2.36. The normalized spacial score (nSPS) is 15.9. The number of allylic oxidation sites excluding steroid dienone is 4. The number of thiophene rings is 1. The van der Waals surface area contributed by atoms with E-state index in [1.54, 1.807) is 11.3 Å². The highest BCUT2D eigenvalue weighted by molar-refractivity contribution is 7.25. The maximum Gasteiger partial charge on any atom is 0.164 e. The predicted octanol–water partition coefficient (Wildman–Crippen LogP) is 7.52. The number of benzene rings is 3. The van der Waals surface area contributed by atoms with Gasteiger partial charge in [0, 0.05) is 31.3 Å². The van der Waals surface area contributed by atoms with Crippen LogP contribution >= 0.6 is 22.9 Å². The first-order valence-electron chi connectivity index (χ1n) is 10.5. The molecule has 154 valence electrons. The van der Waals surface area contributed by atoms with Crippen LogP contribution in [-0.4, -0.2) is 20.3 Å². The molecular formula is C27H18ClN3S. The lowest BCUT2D eigenvalue weighted by atomic mass is 10.0. The van der Waals surface area contributed by atoms with E-state index in [0.717, 1.165) is 16.7 Å². The molecule has 0 saturated heterocycles. The molecule has 0 aliphatic heterocycles. The number of hydrogen-bond donors (Lipinski definition) is 0. The molecule has 6 rings (SSSR count). The van der Waals surface area contributed by atoms with Crippen molar-refractivity contribution in [2.75, 3.05) is 0 Å². The van der Waals surface area contributed by atoms with Gasteiger partial charge in [-0.1, -0.05) is 78.9 Å². The Hall–Kier alpha value is -3.34. The van der Waals surface area contributed by atoms with Crippen molar-refractivity contribution in [3.63, 3.8) is 0 Å². The summed E-state index contributed by atoms with van der Waals surface area (Å²) in [5.41, 5.74) is 2.98. The second-order valence-electron chi connectivity index (χ2n) is 7.78. The molecule has 32 heavy (non-hydrogen) atoms. The fraction of sp³-hybridized carbons (Fsp3) is 0.0741. The monoisotopic (exact) mass is 451 g/mol. The Morgan fingerprint density at radius 1 is 0.719 bits per heavy atom. The molecule has 0 N–H and O–H groups in total. The second kappa shape index (κ2) is 7.97. The number of aromatic nitrogens is 3. The smallest absolute Gasteiger partial charge is 0.164 e. The third-order valence-electron chi connectivity index (χ3n) is 5.62.